The lowest BCUT2D eigenvalue weighted by Crippen LogP contribution is -2.46. The summed E-state index contributed by atoms with van der Waals surface area (Å²) in [6.45, 7) is -0.557. The Kier molecular flexibility index (Phi) is 9.68. The molecule has 50 heavy (non-hydrogen) atoms. The van der Waals surface area contributed by atoms with Gasteiger partial charge in [0.2, 0.25) is 11.8 Å². The molecule has 0 unspecified atom stereocenters. The Morgan fingerprint density at radius 3 is 2.20 bits per heavy atom. The number of carbonyl (C=O) groups excluding carboxylic acids is 2. The zero-order chi connectivity index (χ0) is 36.1. The van der Waals surface area contributed by atoms with Crippen LogP contribution in [0.2, 0.25) is 11.3 Å². The lowest BCUT2D eigenvalue weighted by Gasteiger charge is -2.43. The minimum atomic E-state index is -5.20. The number of hydrogen-bond donors (Lipinski definition) is 3. The van der Waals surface area contributed by atoms with Gasteiger partial charge >= 0.3 is 19.5 Å². The molecule has 1 aliphatic carbocycles. The summed E-state index contributed by atoms with van der Waals surface area (Å²) in [7, 11) is -1.43. The van der Waals surface area contributed by atoms with Gasteiger partial charge in [0, 0.05) is 0 Å². The summed E-state index contributed by atoms with van der Waals surface area (Å²) in [5, 5.41) is 31.4. The van der Waals surface area contributed by atoms with Crippen LogP contribution in [0.4, 0.5) is 32.0 Å². The number of benzene rings is 3. The van der Waals surface area contributed by atoms with Crippen LogP contribution in [0, 0.1) is 17.8 Å². The summed E-state index contributed by atoms with van der Waals surface area (Å²) < 4.78 is 87.9. The van der Waals surface area contributed by atoms with E-state index in [-0.39, 0.29) is 31.0 Å². The van der Waals surface area contributed by atoms with Gasteiger partial charge in [0.15, 0.2) is 0 Å². The summed E-state index contributed by atoms with van der Waals surface area (Å²) in [5.41, 5.74) is -1.16. The van der Waals surface area contributed by atoms with E-state index in [4.69, 9.17) is 16.3 Å². The number of allylic oxidation sites excluding steroid dienone is 1. The molecule has 262 valence electrons. The fourth-order valence-corrected chi connectivity index (χ4v) is 7.52. The van der Waals surface area contributed by atoms with Crippen molar-refractivity contribution < 1.29 is 55.8 Å². The second kappa shape index (κ2) is 13.6. The van der Waals surface area contributed by atoms with Crippen molar-refractivity contribution in [3.05, 3.63) is 105 Å². The molecule has 2 fully saturated rings. The molecule has 2 amide bonds. The number of alkyl halides is 6. The molecule has 0 aromatic heterocycles. The number of nitrogens with zero attached hydrogens (tertiary/aromatic N) is 1. The molecule has 15 heteroatoms. The molecule has 7 nitrogen and oxygen atoms in total. The van der Waals surface area contributed by atoms with Crippen molar-refractivity contribution in [2.24, 2.45) is 17.8 Å². The number of halogens is 7. The number of anilines is 1. The molecule has 2 aliphatic heterocycles. The van der Waals surface area contributed by atoms with Gasteiger partial charge in [-0.05, 0) is 102 Å². The van der Waals surface area contributed by atoms with Crippen LogP contribution >= 0.6 is 11.6 Å². The summed E-state index contributed by atoms with van der Waals surface area (Å²) in [6.07, 6.45) is -9.27. The van der Waals surface area contributed by atoms with Gasteiger partial charge in [-0.1, -0.05) is 41.9 Å². The van der Waals surface area contributed by atoms with E-state index in [1.165, 1.54) is 12.1 Å². The number of imide groups is 1. The van der Waals surface area contributed by atoms with E-state index in [0.717, 1.165) is 11.1 Å². The summed E-state index contributed by atoms with van der Waals surface area (Å²) in [5.74, 6) is -5.31. The largest absolute Gasteiger partial charge is 0.508 e. The average molecular weight is 720 g/mol. The van der Waals surface area contributed by atoms with Gasteiger partial charge in [-0.2, -0.15) is 26.3 Å². The quantitative estimate of drug-likeness (QED) is 0.0773. The van der Waals surface area contributed by atoms with Gasteiger partial charge in [-0.15, -0.1) is 0 Å². The second-order valence-electron chi connectivity index (χ2n) is 12.5. The monoisotopic (exact) mass is 719 g/mol. The van der Waals surface area contributed by atoms with Crippen LogP contribution < -0.4 is 4.90 Å². The van der Waals surface area contributed by atoms with Crippen LogP contribution in [0.5, 0.6) is 5.75 Å². The highest BCUT2D eigenvalue weighted by Crippen LogP contribution is 2.52. The first-order valence-corrected chi connectivity index (χ1v) is 16.0. The standard InChI is InChI=1S/C35H29BClF6NO6/c37-28-15-25(46)8-6-20(28)10-19(18-4-2-1-3-5-18)7-9-29-30-21(17-45)11-26-31(27(30)16-36(49)50-29)33(48)44(32(26)47)24-13-22(34(38,39)40)12-23(14-24)35(41,42)43/h1-6,8,10,12-15,26-27,29,31,45-46,49H,7,9,11,16-17H2/b19-10-/t26-,27+,29-,31-/m1/s1. The fraction of sp³-hybridized carbons (Fsp3) is 0.314. The molecule has 6 rings (SSSR count). The molecule has 0 spiro atoms. The van der Waals surface area contributed by atoms with Crippen molar-refractivity contribution in [1.29, 1.82) is 0 Å². The SMILES string of the molecule is O=C1[C@@H]2[C@@H](CC(CO)=C3[C@@H](CC/C(=C/c4ccc(O)cc4Cl)c4ccccc4)OB(O)C[C@@H]32)C(=O)N1c1cc(C(F)(F)F)cc(C(F)(F)F)c1. The number of aromatic hydroxyl groups is 1. The van der Waals surface area contributed by atoms with Crippen molar-refractivity contribution >= 4 is 47.9 Å². The van der Waals surface area contributed by atoms with E-state index in [1.807, 2.05) is 36.4 Å². The van der Waals surface area contributed by atoms with Crippen LogP contribution in [0.1, 0.15) is 41.5 Å². The molecule has 3 aromatic rings. The van der Waals surface area contributed by atoms with Crippen LogP contribution in [0.3, 0.4) is 0 Å². The van der Waals surface area contributed by atoms with E-state index >= 15 is 0 Å². The third-order valence-corrected chi connectivity index (χ3v) is 9.79. The van der Waals surface area contributed by atoms with E-state index in [2.05, 4.69) is 0 Å². The number of aliphatic hydroxyl groups excluding tert-OH is 1. The Bertz CT molecular complexity index is 1850. The molecule has 0 radical (unpaired) electrons. The molecule has 0 bridgehead atoms. The Morgan fingerprint density at radius 2 is 1.60 bits per heavy atom. The lowest BCUT2D eigenvalue weighted by molar-refractivity contribution is -0.143. The van der Waals surface area contributed by atoms with Crippen molar-refractivity contribution in [3.8, 4) is 5.75 Å². The van der Waals surface area contributed by atoms with Crippen molar-refractivity contribution in [3.63, 3.8) is 0 Å². The van der Waals surface area contributed by atoms with Crippen molar-refractivity contribution in [2.75, 3.05) is 11.5 Å². The number of rotatable bonds is 7. The molecule has 2 saturated heterocycles. The van der Waals surface area contributed by atoms with Gasteiger partial charge in [-0.25, -0.2) is 4.90 Å². The maximum Gasteiger partial charge on any atom is 0.455 e. The number of amides is 2. The molecule has 3 aromatic carbocycles. The molecule has 2 heterocycles. The Balaban J connectivity index is 1.34. The minimum Gasteiger partial charge on any atom is -0.508 e. The average Bonchev–Trinajstić information content (AvgIpc) is 3.31. The summed E-state index contributed by atoms with van der Waals surface area (Å²) >= 11 is 6.38. The van der Waals surface area contributed by atoms with Crippen LogP contribution in [0.25, 0.3) is 11.6 Å². The summed E-state index contributed by atoms with van der Waals surface area (Å²) in [6, 6.07) is 14.4. The number of phenols is 1. The van der Waals surface area contributed by atoms with Crippen molar-refractivity contribution in [1.82, 2.24) is 0 Å². The van der Waals surface area contributed by atoms with E-state index in [0.29, 0.717) is 45.2 Å². The molecule has 0 saturated carbocycles. The van der Waals surface area contributed by atoms with Gasteiger partial charge in [0.25, 0.3) is 0 Å². The Morgan fingerprint density at radius 1 is 0.940 bits per heavy atom. The predicted octanol–water partition coefficient (Wildman–Crippen LogP) is 7.40. The normalized spacial score (nSPS) is 23.0. The van der Waals surface area contributed by atoms with E-state index in [1.54, 1.807) is 6.07 Å². The first-order chi connectivity index (χ1) is 23.6. The van der Waals surface area contributed by atoms with Gasteiger partial charge < -0.3 is 19.9 Å². The highest BCUT2D eigenvalue weighted by Gasteiger charge is 2.58. The zero-order valence-corrected chi connectivity index (χ0v) is 26.8. The second-order valence-corrected chi connectivity index (χ2v) is 12.9. The number of carbonyl (C=O) groups is 2. The maximum absolute atomic E-state index is 13.9. The van der Waals surface area contributed by atoms with E-state index < -0.39 is 78.6 Å². The van der Waals surface area contributed by atoms with Gasteiger partial charge in [-0.3, -0.25) is 9.59 Å². The Hall–Kier alpha value is -4.11. The number of hydrogen-bond acceptors (Lipinski definition) is 6. The maximum atomic E-state index is 13.9. The lowest BCUT2D eigenvalue weighted by atomic mass is 9.58. The third kappa shape index (κ3) is 6.94. The molecule has 4 atom stereocenters. The highest BCUT2D eigenvalue weighted by atomic mass is 35.5. The van der Waals surface area contributed by atoms with Gasteiger partial charge in [0.1, 0.15) is 5.75 Å². The number of aliphatic hydroxyl groups is 1. The smallest absolute Gasteiger partial charge is 0.455 e. The molecular formula is C35H29BClF6NO6. The predicted molar refractivity (Wildman–Crippen MR) is 172 cm³/mol. The number of phenolic OH excluding ortho intramolecular Hbond substituents is 1. The van der Waals surface area contributed by atoms with Crippen LogP contribution in [-0.2, 0) is 26.6 Å². The molecule has 3 aliphatic rings. The number of fused-ring (bicyclic) bond motifs is 3. The Labute approximate surface area is 287 Å². The highest BCUT2D eigenvalue weighted by molar-refractivity contribution is 6.43. The van der Waals surface area contributed by atoms with Crippen LogP contribution in [-0.4, -0.2) is 46.9 Å². The first kappa shape index (κ1) is 35.7. The molecule has 3 N–H and O–H groups in total. The molecular weight excluding hydrogens is 691 g/mol. The third-order valence-electron chi connectivity index (χ3n) is 9.46. The summed E-state index contributed by atoms with van der Waals surface area (Å²) in [4.78, 5) is 28.0. The van der Waals surface area contributed by atoms with E-state index in [9.17, 15) is 51.2 Å². The topological polar surface area (TPSA) is 107 Å². The van der Waals surface area contributed by atoms with Gasteiger partial charge in [0.05, 0.1) is 46.4 Å². The van der Waals surface area contributed by atoms with Crippen molar-refractivity contribution in [2.45, 2.75) is 44.0 Å². The minimum absolute atomic E-state index is 0.0181. The first-order valence-electron chi connectivity index (χ1n) is 15.6. The fourth-order valence-electron chi connectivity index (χ4n) is 7.29. The van der Waals surface area contributed by atoms with Crippen LogP contribution in [0.15, 0.2) is 77.9 Å². The zero-order valence-electron chi connectivity index (χ0n) is 26.0.